The smallest absolute Gasteiger partial charge is 0.119 e. The summed E-state index contributed by atoms with van der Waals surface area (Å²) in [6.07, 6.45) is 0.357. The fourth-order valence-electron chi connectivity index (χ4n) is 2.56. The first-order chi connectivity index (χ1) is 12.0. The Morgan fingerprint density at radius 2 is 1.40 bits per heavy atom. The van der Waals surface area contributed by atoms with Crippen molar-refractivity contribution in [2.75, 3.05) is 19.1 Å². The van der Waals surface area contributed by atoms with E-state index in [0.717, 1.165) is 24.5 Å². The van der Waals surface area contributed by atoms with Crippen LogP contribution in [0.5, 0.6) is 11.5 Å². The summed E-state index contributed by atoms with van der Waals surface area (Å²) in [7, 11) is 0. The van der Waals surface area contributed by atoms with Gasteiger partial charge in [0.25, 0.3) is 0 Å². The Kier molecular flexibility index (Phi) is 7.15. The molecule has 0 spiro atoms. The maximum Gasteiger partial charge on any atom is 0.119 e. The number of alkyl halides is 1. The standard InChI is InChI=1S/C21H27ClO3/c1-4-13-24-19-9-5-16(6-10-19)21(2,3)17-7-11-20(12-8-17)25-15-18(23)14-22/h5-12,18,23H,4,13-15H2,1-3H3/t18-/m1/s1. The third-order valence-electron chi connectivity index (χ3n) is 4.25. The van der Waals surface area contributed by atoms with Crippen molar-refractivity contribution in [3.63, 3.8) is 0 Å². The van der Waals surface area contributed by atoms with Gasteiger partial charge in [-0.25, -0.2) is 0 Å². The first-order valence-corrected chi connectivity index (χ1v) is 9.21. The second kappa shape index (κ2) is 9.12. The van der Waals surface area contributed by atoms with Crippen LogP contribution < -0.4 is 9.47 Å². The topological polar surface area (TPSA) is 38.7 Å². The van der Waals surface area contributed by atoms with Gasteiger partial charge in [0.15, 0.2) is 0 Å². The van der Waals surface area contributed by atoms with Gasteiger partial charge in [0.05, 0.1) is 12.5 Å². The first kappa shape index (κ1) is 19.6. The second-order valence-corrected chi connectivity index (χ2v) is 6.95. The summed E-state index contributed by atoms with van der Waals surface area (Å²) >= 11 is 5.57. The third kappa shape index (κ3) is 5.38. The van der Waals surface area contributed by atoms with Crippen molar-refractivity contribution < 1.29 is 14.6 Å². The molecule has 136 valence electrons. The number of halogens is 1. The monoisotopic (exact) mass is 362 g/mol. The summed E-state index contributed by atoms with van der Waals surface area (Å²) in [5.74, 6) is 1.80. The van der Waals surface area contributed by atoms with Gasteiger partial charge in [-0.15, -0.1) is 11.6 Å². The van der Waals surface area contributed by atoms with Crippen molar-refractivity contribution >= 4 is 11.6 Å². The Morgan fingerprint density at radius 1 is 0.920 bits per heavy atom. The highest BCUT2D eigenvalue weighted by Crippen LogP contribution is 2.33. The van der Waals surface area contributed by atoms with E-state index in [1.54, 1.807) is 0 Å². The van der Waals surface area contributed by atoms with Crippen molar-refractivity contribution in [2.45, 2.75) is 38.7 Å². The summed E-state index contributed by atoms with van der Waals surface area (Å²) < 4.78 is 11.2. The molecule has 3 nitrogen and oxygen atoms in total. The lowest BCUT2D eigenvalue weighted by molar-refractivity contribution is 0.125. The summed E-state index contributed by atoms with van der Waals surface area (Å²) in [5.41, 5.74) is 2.29. The van der Waals surface area contributed by atoms with Crippen LogP contribution >= 0.6 is 11.6 Å². The minimum absolute atomic E-state index is 0.128. The van der Waals surface area contributed by atoms with Crippen molar-refractivity contribution in [1.29, 1.82) is 0 Å². The molecular weight excluding hydrogens is 336 g/mol. The molecule has 1 N–H and O–H groups in total. The summed E-state index contributed by atoms with van der Waals surface area (Å²) in [6.45, 7) is 7.43. The van der Waals surface area contributed by atoms with Crippen LogP contribution in [0.1, 0.15) is 38.3 Å². The highest BCUT2D eigenvalue weighted by molar-refractivity contribution is 6.18. The summed E-state index contributed by atoms with van der Waals surface area (Å²) in [5, 5.41) is 9.46. The molecule has 0 aliphatic heterocycles. The fraction of sp³-hybridized carbons (Fsp3) is 0.429. The fourth-order valence-corrected chi connectivity index (χ4v) is 2.65. The highest BCUT2D eigenvalue weighted by atomic mass is 35.5. The van der Waals surface area contributed by atoms with E-state index in [2.05, 4.69) is 45.0 Å². The van der Waals surface area contributed by atoms with Gasteiger partial charge in [-0.2, -0.15) is 0 Å². The maximum atomic E-state index is 9.46. The molecule has 0 radical (unpaired) electrons. The van der Waals surface area contributed by atoms with Gasteiger partial charge in [0.2, 0.25) is 0 Å². The lowest BCUT2D eigenvalue weighted by Crippen LogP contribution is -2.20. The number of hydrogen-bond acceptors (Lipinski definition) is 3. The predicted octanol–water partition coefficient (Wildman–Crippen LogP) is 4.78. The first-order valence-electron chi connectivity index (χ1n) is 8.68. The Bertz CT molecular complexity index is 635. The number of hydrogen-bond donors (Lipinski definition) is 1. The van der Waals surface area contributed by atoms with Gasteiger partial charge in [-0.05, 0) is 41.8 Å². The van der Waals surface area contributed by atoms with E-state index in [4.69, 9.17) is 21.1 Å². The molecule has 2 rings (SSSR count). The highest BCUT2D eigenvalue weighted by Gasteiger charge is 2.23. The number of benzene rings is 2. The molecule has 2 aromatic rings. The van der Waals surface area contributed by atoms with Crippen LogP contribution in [0.3, 0.4) is 0 Å². The Morgan fingerprint density at radius 3 is 1.84 bits per heavy atom. The minimum Gasteiger partial charge on any atom is -0.494 e. The Hall–Kier alpha value is -1.71. The van der Waals surface area contributed by atoms with E-state index in [9.17, 15) is 5.11 Å². The van der Waals surface area contributed by atoms with Crippen LogP contribution in [0, 0.1) is 0 Å². The maximum absolute atomic E-state index is 9.46. The summed E-state index contributed by atoms with van der Waals surface area (Å²) in [4.78, 5) is 0. The molecule has 1 atom stereocenters. The Balaban J connectivity index is 2.07. The molecule has 25 heavy (non-hydrogen) atoms. The van der Waals surface area contributed by atoms with E-state index in [0.29, 0.717) is 0 Å². The summed E-state index contributed by atoms with van der Waals surface area (Å²) in [6, 6.07) is 16.3. The lowest BCUT2D eigenvalue weighted by atomic mass is 9.78. The lowest BCUT2D eigenvalue weighted by Gasteiger charge is -2.26. The van der Waals surface area contributed by atoms with Crippen LogP contribution in [0.15, 0.2) is 48.5 Å². The third-order valence-corrected chi connectivity index (χ3v) is 4.60. The zero-order valence-electron chi connectivity index (χ0n) is 15.2. The van der Waals surface area contributed by atoms with E-state index in [1.165, 1.54) is 11.1 Å². The molecule has 0 saturated carbocycles. The number of aliphatic hydroxyl groups is 1. The van der Waals surface area contributed by atoms with E-state index in [1.807, 2.05) is 24.3 Å². The van der Waals surface area contributed by atoms with Crippen molar-refractivity contribution in [1.82, 2.24) is 0 Å². The van der Waals surface area contributed by atoms with Crippen LogP contribution in [0.25, 0.3) is 0 Å². The zero-order chi connectivity index (χ0) is 18.3. The molecule has 0 aliphatic rings. The molecule has 2 aromatic carbocycles. The van der Waals surface area contributed by atoms with E-state index >= 15 is 0 Å². The van der Waals surface area contributed by atoms with E-state index in [-0.39, 0.29) is 17.9 Å². The average Bonchev–Trinajstić information content (AvgIpc) is 2.65. The van der Waals surface area contributed by atoms with Crippen LogP contribution in [0.4, 0.5) is 0 Å². The van der Waals surface area contributed by atoms with Crippen LogP contribution in [0.2, 0.25) is 0 Å². The molecule has 0 amide bonds. The molecule has 0 aromatic heterocycles. The molecule has 0 bridgehead atoms. The Labute approximate surface area is 155 Å². The van der Waals surface area contributed by atoms with Gasteiger partial charge >= 0.3 is 0 Å². The van der Waals surface area contributed by atoms with Gasteiger partial charge in [-0.3, -0.25) is 0 Å². The molecule has 0 aliphatic carbocycles. The normalized spacial score (nSPS) is 12.7. The average molecular weight is 363 g/mol. The van der Waals surface area contributed by atoms with Crippen LogP contribution in [-0.4, -0.2) is 30.3 Å². The molecule has 0 saturated heterocycles. The van der Waals surface area contributed by atoms with Gasteiger partial charge in [-0.1, -0.05) is 45.0 Å². The van der Waals surface area contributed by atoms with Crippen molar-refractivity contribution in [3.8, 4) is 11.5 Å². The minimum atomic E-state index is -0.647. The number of aliphatic hydroxyl groups excluding tert-OH is 1. The van der Waals surface area contributed by atoms with E-state index < -0.39 is 6.10 Å². The SMILES string of the molecule is CCCOc1ccc(C(C)(C)c2ccc(OC[C@H](O)CCl)cc2)cc1. The van der Waals surface area contributed by atoms with Gasteiger partial charge in [0, 0.05) is 5.41 Å². The largest absolute Gasteiger partial charge is 0.494 e. The zero-order valence-corrected chi connectivity index (χ0v) is 15.9. The molecular formula is C21H27ClO3. The quantitative estimate of drug-likeness (QED) is 0.652. The molecule has 4 heteroatoms. The van der Waals surface area contributed by atoms with Gasteiger partial charge in [0.1, 0.15) is 24.2 Å². The molecule has 0 unspecified atom stereocenters. The molecule has 0 heterocycles. The molecule has 0 fully saturated rings. The second-order valence-electron chi connectivity index (χ2n) is 6.64. The van der Waals surface area contributed by atoms with Crippen molar-refractivity contribution in [3.05, 3.63) is 59.7 Å². The predicted molar refractivity (Wildman–Crippen MR) is 103 cm³/mol. The number of rotatable bonds is 9. The van der Waals surface area contributed by atoms with Crippen LogP contribution in [-0.2, 0) is 5.41 Å². The number of ether oxygens (including phenoxy) is 2. The van der Waals surface area contributed by atoms with Gasteiger partial charge < -0.3 is 14.6 Å². The van der Waals surface area contributed by atoms with Crippen molar-refractivity contribution in [2.24, 2.45) is 0 Å².